The third-order valence-corrected chi connectivity index (χ3v) is 6.47. The summed E-state index contributed by atoms with van der Waals surface area (Å²) in [4.78, 5) is 2.33. The Morgan fingerprint density at radius 1 is 1.10 bits per heavy atom. The summed E-state index contributed by atoms with van der Waals surface area (Å²) in [5.74, 6) is -0.240. The van der Waals surface area contributed by atoms with Gasteiger partial charge in [-0.1, -0.05) is 24.3 Å². The van der Waals surface area contributed by atoms with Gasteiger partial charge in [-0.2, -0.15) is 8.78 Å². The number of ether oxygens (including phenoxy) is 2. The zero-order valence-corrected chi connectivity index (χ0v) is 18.1. The average Bonchev–Trinajstić information content (AvgIpc) is 2.76. The van der Waals surface area contributed by atoms with E-state index in [1.54, 1.807) is 19.2 Å². The highest BCUT2D eigenvalue weighted by molar-refractivity contribution is 7.92. The van der Waals surface area contributed by atoms with Gasteiger partial charge in [-0.25, -0.2) is 8.42 Å². The first-order chi connectivity index (χ1) is 14.9. The number of methoxy groups -OCH3 is 1. The number of benzene rings is 2. The van der Waals surface area contributed by atoms with Crippen LogP contribution >= 0.6 is 0 Å². The van der Waals surface area contributed by atoms with Crippen LogP contribution in [-0.4, -0.2) is 59.4 Å². The summed E-state index contributed by atoms with van der Waals surface area (Å²) in [5, 5.41) is 3.31. The van der Waals surface area contributed by atoms with Crippen LogP contribution in [0.5, 0.6) is 5.75 Å². The summed E-state index contributed by atoms with van der Waals surface area (Å²) in [6, 6.07) is 12.2. The van der Waals surface area contributed by atoms with Crippen LogP contribution in [0.2, 0.25) is 0 Å². The summed E-state index contributed by atoms with van der Waals surface area (Å²) in [6.07, 6.45) is 1.54. The van der Waals surface area contributed by atoms with Gasteiger partial charge in [0, 0.05) is 33.3 Å². The van der Waals surface area contributed by atoms with Gasteiger partial charge in [0.15, 0.2) is 0 Å². The molecule has 31 heavy (non-hydrogen) atoms. The van der Waals surface area contributed by atoms with E-state index < -0.39 is 16.6 Å². The summed E-state index contributed by atoms with van der Waals surface area (Å²) >= 11 is 0. The summed E-state index contributed by atoms with van der Waals surface area (Å²) in [7, 11) is -2.26. The summed E-state index contributed by atoms with van der Waals surface area (Å²) in [5.41, 5.74) is 0.934. The van der Waals surface area contributed by atoms with Gasteiger partial charge in [0.1, 0.15) is 12.0 Å². The van der Waals surface area contributed by atoms with E-state index in [0.717, 1.165) is 44.6 Å². The van der Waals surface area contributed by atoms with Gasteiger partial charge in [-0.15, -0.1) is 0 Å². The molecule has 0 saturated carbocycles. The standard InChI is InChI=1S/C21H27F2N3O4S/c1-29-20(26-14-12-24-13-15-26)11-8-16-6-9-17(10-7-16)31(27,28)25-18-4-2-3-5-19(18)30-21(22)23/h2-7,9-10,20-21,24-25H,8,11-15H2,1H3. The van der Waals surface area contributed by atoms with Crippen molar-refractivity contribution in [1.82, 2.24) is 10.2 Å². The molecule has 2 aromatic rings. The molecule has 0 aliphatic carbocycles. The molecular formula is C21H27F2N3O4S. The van der Waals surface area contributed by atoms with Crippen molar-refractivity contribution in [3.8, 4) is 5.75 Å². The Morgan fingerprint density at radius 3 is 2.42 bits per heavy atom. The number of rotatable bonds is 10. The van der Waals surface area contributed by atoms with Crippen molar-refractivity contribution >= 4 is 15.7 Å². The first kappa shape index (κ1) is 23.4. The molecule has 2 aromatic carbocycles. The molecule has 1 atom stereocenters. The molecular weight excluding hydrogens is 428 g/mol. The number of para-hydroxylation sites is 2. The quantitative estimate of drug-likeness (QED) is 0.574. The molecule has 1 aliphatic heterocycles. The second kappa shape index (κ2) is 10.9. The third-order valence-electron chi connectivity index (χ3n) is 5.09. The number of hydrogen-bond donors (Lipinski definition) is 2. The monoisotopic (exact) mass is 455 g/mol. The minimum Gasteiger partial charge on any atom is -0.433 e. The van der Waals surface area contributed by atoms with Crippen molar-refractivity contribution in [3.05, 3.63) is 54.1 Å². The number of sulfonamides is 1. The van der Waals surface area contributed by atoms with Crippen molar-refractivity contribution in [2.45, 2.75) is 30.6 Å². The van der Waals surface area contributed by atoms with Crippen LogP contribution in [-0.2, 0) is 21.2 Å². The molecule has 7 nitrogen and oxygen atoms in total. The minimum atomic E-state index is -3.96. The molecule has 0 amide bonds. The molecule has 3 rings (SSSR count). The van der Waals surface area contributed by atoms with Gasteiger partial charge in [0.2, 0.25) is 0 Å². The Bertz CT molecular complexity index is 936. The fourth-order valence-electron chi connectivity index (χ4n) is 3.50. The predicted octanol–water partition coefficient (Wildman–Crippen LogP) is 2.90. The van der Waals surface area contributed by atoms with E-state index in [2.05, 4.69) is 19.7 Å². The normalized spacial score (nSPS) is 16.3. The number of halogens is 2. The maximum Gasteiger partial charge on any atom is 0.387 e. The Morgan fingerprint density at radius 2 is 1.77 bits per heavy atom. The summed E-state index contributed by atoms with van der Waals surface area (Å²) in [6.45, 7) is 0.675. The zero-order chi connectivity index (χ0) is 22.3. The third kappa shape index (κ3) is 6.60. The van der Waals surface area contributed by atoms with Crippen LogP contribution in [0.15, 0.2) is 53.4 Å². The molecule has 1 unspecified atom stereocenters. The molecule has 1 fully saturated rings. The lowest BCUT2D eigenvalue weighted by atomic mass is 10.1. The van der Waals surface area contributed by atoms with Gasteiger partial charge in [-0.05, 0) is 42.7 Å². The van der Waals surface area contributed by atoms with Crippen molar-refractivity contribution < 1.29 is 26.7 Å². The highest BCUT2D eigenvalue weighted by Crippen LogP contribution is 2.28. The lowest BCUT2D eigenvalue weighted by molar-refractivity contribution is -0.0493. The van der Waals surface area contributed by atoms with Crippen molar-refractivity contribution in [3.63, 3.8) is 0 Å². The number of alkyl halides is 2. The molecule has 1 aliphatic rings. The van der Waals surface area contributed by atoms with Gasteiger partial charge in [-0.3, -0.25) is 9.62 Å². The first-order valence-electron chi connectivity index (χ1n) is 10.0. The molecule has 0 aromatic heterocycles. The average molecular weight is 456 g/mol. The Balaban J connectivity index is 1.63. The Hall–Kier alpha value is -2.27. The number of nitrogens with one attached hydrogen (secondary N) is 2. The molecule has 2 N–H and O–H groups in total. The van der Waals surface area contributed by atoms with Crippen molar-refractivity contribution in [2.24, 2.45) is 0 Å². The smallest absolute Gasteiger partial charge is 0.387 e. The van der Waals surface area contributed by atoms with Crippen LogP contribution in [0.1, 0.15) is 12.0 Å². The van der Waals surface area contributed by atoms with Gasteiger partial charge in [0.05, 0.1) is 10.6 Å². The highest BCUT2D eigenvalue weighted by atomic mass is 32.2. The van der Waals surface area contributed by atoms with Crippen LogP contribution in [0.4, 0.5) is 14.5 Å². The van der Waals surface area contributed by atoms with Gasteiger partial charge < -0.3 is 14.8 Å². The second-order valence-corrected chi connectivity index (χ2v) is 8.82. The van der Waals surface area contributed by atoms with Crippen LogP contribution in [0, 0.1) is 0 Å². The number of nitrogens with zero attached hydrogens (tertiary/aromatic N) is 1. The fourth-order valence-corrected chi connectivity index (χ4v) is 4.57. The number of aryl methyl sites for hydroxylation is 1. The van der Waals surface area contributed by atoms with E-state index in [-0.39, 0.29) is 22.6 Å². The SMILES string of the molecule is COC(CCc1ccc(S(=O)(=O)Nc2ccccc2OC(F)F)cc1)N1CCNCC1. The molecule has 1 saturated heterocycles. The Kier molecular flexibility index (Phi) is 8.19. The zero-order valence-electron chi connectivity index (χ0n) is 17.3. The number of anilines is 1. The van der Waals surface area contributed by atoms with E-state index in [1.807, 2.05) is 0 Å². The fraction of sp³-hybridized carbons (Fsp3) is 0.429. The molecule has 0 bridgehead atoms. The second-order valence-electron chi connectivity index (χ2n) is 7.14. The molecule has 10 heteroatoms. The first-order valence-corrected chi connectivity index (χ1v) is 11.5. The Labute approximate surface area is 181 Å². The summed E-state index contributed by atoms with van der Waals surface area (Å²) < 4.78 is 62.8. The predicted molar refractivity (Wildman–Crippen MR) is 114 cm³/mol. The molecule has 0 radical (unpaired) electrons. The van der Waals surface area contributed by atoms with Crippen molar-refractivity contribution in [1.29, 1.82) is 0 Å². The van der Waals surface area contributed by atoms with E-state index in [0.29, 0.717) is 0 Å². The van der Waals surface area contributed by atoms with Gasteiger partial charge in [0.25, 0.3) is 10.0 Å². The maximum atomic E-state index is 12.7. The van der Waals surface area contributed by atoms with E-state index >= 15 is 0 Å². The lowest BCUT2D eigenvalue weighted by Crippen LogP contribution is -2.49. The van der Waals surface area contributed by atoms with E-state index in [4.69, 9.17) is 4.74 Å². The van der Waals surface area contributed by atoms with Crippen molar-refractivity contribution in [2.75, 3.05) is 38.0 Å². The largest absolute Gasteiger partial charge is 0.433 e. The lowest BCUT2D eigenvalue weighted by Gasteiger charge is -2.33. The van der Waals surface area contributed by atoms with E-state index in [1.165, 1.54) is 36.4 Å². The van der Waals surface area contributed by atoms with Crippen LogP contribution < -0.4 is 14.8 Å². The highest BCUT2D eigenvalue weighted by Gasteiger charge is 2.21. The van der Waals surface area contributed by atoms with Gasteiger partial charge >= 0.3 is 6.61 Å². The topological polar surface area (TPSA) is 79.9 Å². The molecule has 0 spiro atoms. The molecule has 170 valence electrons. The maximum absolute atomic E-state index is 12.7. The number of piperazine rings is 1. The van der Waals surface area contributed by atoms with Crippen LogP contribution in [0.3, 0.4) is 0 Å². The number of hydrogen-bond acceptors (Lipinski definition) is 6. The molecule has 1 heterocycles. The van der Waals surface area contributed by atoms with E-state index in [9.17, 15) is 17.2 Å². The minimum absolute atomic E-state index is 0.0125. The van der Waals surface area contributed by atoms with Crippen LogP contribution in [0.25, 0.3) is 0 Å².